The maximum Gasteiger partial charge on any atom is 0.257 e. The summed E-state index contributed by atoms with van der Waals surface area (Å²) in [4.78, 5) is 21.9. The summed E-state index contributed by atoms with van der Waals surface area (Å²) in [6, 6.07) is 12.9. The molecule has 1 aliphatic heterocycles. The number of anilines is 1. The van der Waals surface area contributed by atoms with E-state index in [2.05, 4.69) is 15.1 Å². The second kappa shape index (κ2) is 7.70. The number of methoxy groups -OCH3 is 1. The first-order valence-electron chi connectivity index (χ1n) is 10.0. The van der Waals surface area contributed by atoms with Gasteiger partial charge in [-0.2, -0.15) is 0 Å². The number of amides is 1. The number of carbonyl (C=O) groups excluding carboxylic acids is 1. The minimum atomic E-state index is -0.0269. The molecular formula is C22H21ClN6O2. The van der Waals surface area contributed by atoms with E-state index in [1.807, 2.05) is 46.6 Å². The Balaban J connectivity index is 1.45. The number of halogens is 1. The van der Waals surface area contributed by atoms with Crippen molar-refractivity contribution < 1.29 is 9.53 Å². The summed E-state index contributed by atoms with van der Waals surface area (Å²) in [5, 5.41) is 10.1. The van der Waals surface area contributed by atoms with Gasteiger partial charge in [-0.3, -0.25) is 4.79 Å². The van der Waals surface area contributed by atoms with Crippen LogP contribution in [0, 0.1) is 6.92 Å². The summed E-state index contributed by atoms with van der Waals surface area (Å²) < 4.78 is 7.32. The lowest BCUT2D eigenvalue weighted by atomic mass is 10.1. The van der Waals surface area contributed by atoms with Gasteiger partial charge in [0.1, 0.15) is 11.6 Å². The number of piperazine rings is 1. The van der Waals surface area contributed by atoms with Crippen LogP contribution in [0.4, 0.5) is 5.95 Å². The number of para-hydroxylation sites is 1. The largest absolute Gasteiger partial charge is 0.496 e. The molecule has 1 amide bonds. The molecule has 0 atom stereocenters. The number of benzene rings is 2. The van der Waals surface area contributed by atoms with Crippen molar-refractivity contribution in [3.8, 4) is 5.75 Å². The van der Waals surface area contributed by atoms with E-state index in [9.17, 15) is 4.79 Å². The fourth-order valence-electron chi connectivity index (χ4n) is 4.03. The zero-order valence-electron chi connectivity index (χ0n) is 17.2. The first-order chi connectivity index (χ1) is 15.1. The van der Waals surface area contributed by atoms with Crippen LogP contribution in [0.5, 0.6) is 5.75 Å². The number of ether oxygens (including phenoxy) is 1. The highest BCUT2D eigenvalue weighted by Gasteiger charge is 2.27. The van der Waals surface area contributed by atoms with Gasteiger partial charge in [0.2, 0.25) is 5.95 Å². The molecule has 0 spiro atoms. The monoisotopic (exact) mass is 436 g/mol. The first kappa shape index (κ1) is 19.6. The summed E-state index contributed by atoms with van der Waals surface area (Å²) in [6.07, 6.45) is 0. The quantitative estimate of drug-likeness (QED) is 0.491. The number of fused-ring (bicyclic) bond motifs is 3. The van der Waals surface area contributed by atoms with Crippen LogP contribution in [0.15, 0.2) is 42.5 Å². The van der Waals surface area contributed by atoms with Crippen LogP contribution in [0.2, 0.25) is 5.02 Å². The predicted molar refractivity (Wildman–Crippen MR) is 119 cm³/mol. The topological polar surface area (TPSA) is 75.9 Å². The molecule has 1 saturated heterocycles. The number of carbonyl (C=O) groups is 1. The SMILES string of the molecule is COc1ccccc1C(=O)N1CCN(c2nc3cc(Cl)ccc3c3nnc(C)n23)CC1. The van der Waals surface area contributed by atoms with E-state index in [0.29, 0.717) is 42.5 Å². The molecule has 0 N–H and O–H groups in total. The van der Waals surface area contributed by atoms with Crippen molar-refractivity contribution in [1.29, 1.82) is 0 Å². The molecule has 4 aromatic rings. The molecule has 0 radical (unpaired) electrons. The molecule has 0 aliphatic carbocycles. The molecular weight excluding hydrogens is 416 g/mol. The summed E-state index contributed by atoms with van der Waals surface area (Å²) >= 11 is 6.20. The third-order valence-corrected chi connectivity index (χ3v) is 5.87. The van der Waals surface area contributed by atoms with E-state index < -0.39 is 0 Å². The molecule has 2 aromatic carbocycles. The Morgan fingerprint density at radius 3 is 2.61 bits per heavy atom. The van der Waals surface area contributed by atoms with Gasteiger partial charge < -0.3 is 14.5 Å². The Kier molecular flexibility index (Phi) is 4.86. The lowest BCUT2D eigenvalue weighted by molar-refractivity contribution is 0.0742. The van der Waals surface area contributed by atoms with Crippen LogP contribution >= 0.6 is 11.6 Å². The summed E-state index contributed by atoms with van der Waals surface area (Å²) in [7, 11) is 1.58. The van der Waals surface area contributed by atoms with Crippen LogP contribution in [0.3, 0.4) is 0 Å². The lowest BCUT2D eigenvalue weighted by Crippen LogP contribution is -2.49. The molecule has 1 aliphatic rings. The average Bonchev–Trinajstić information content (AvgIpc) is 3.19. The molecule has 2 aromatic heterocycles. The van der Waals surface area contributed by atoms with Gasteiger partial charge in [0.05, 0.1) is 18.2 Å². The molecule has 5 rings (SSSR count). The molecule has 158 valence electrons. The standard InChI is InChI=1S/C22H21ClN6O2/c1-14-25-26-20-16-8-7-15(23)13-18(16)24-22(29(14)20)28-11-9-27(10-12-28)21(30)17-5-3-4-6-19(17)31-2/h3-8,13H,9-12H2,1-2H3. The molecule has 9 heteroatoms. The smallest absolute Gasteiger partial charge is 0.257 e. The normalized spacial score (nSPS) is 14.4. The van der Waals surface area contributed by atoms with Crippen molar-refractivity contribution in [1.82, 2.24) is 24.5 Å². The second-order valence-corrected chi connectivity index (χ2v) is 7.90. The minimum Gasteiger partial charge on any atom is -0.496 e. The van der Waals surface area contributed by atoms with E-state index in [0.717, 1.165) is 28.3 Å². The first-order valence-corrected chi connectivity index (χ1v) is 10.4. The second-order valence-electron chi connectivity index (χ2n) is 7.46. The molecule has 0 unspecified atom stereocenters. The number of rotatable bonds is 3. The van der Waals surface area contributed by atoms with Gasteiger partial charge in [-0.25, -0.2) is 9.38 Å². The average molecular weight is 437 g/mol. The highest BCUT2D eigenvalue weighted by atomic mass is 35.5. The van der Waals surface area contributed by atoms with Crippen molar-refractivity contribution in [3.05, 3.63) is 58.9 Å². The number of nitrogens with zero attached hydrogens (tertiary/aromatic N) is 6. The zero-order valence-corrected chi connectivity index (χ0v) is 18.0. The maximum absolute atomic E-state index is 13.0. The van der Waals surface area contributed by atoms with E-state index in [1.54, 1.807) is 19.2 Å². The highest BCUT2D eigenvalue weighted by molar-refractivity contribution is 6.31. The summed E-state index contributed by atoms with van der Waals surface area (Å²) in [5.41, 5.74) is 2.10. The zero-order chi connectivity index (χ0) is 21.5. The third kappa shape index (κ3) is 3.33. The van der Waals surface area contributed by atoms with E-state index in [1.165, 1.54) is 0 Å². The summed E-state index contributed by atoms with van der Waals surface area (Å²) in [6.45, 7) is 4.36. The Labute approximate surface area is 184 Å². The Hall–Kier alpha value is -3.39. The number of hydrogen-bond acceptors (Lipinski definition) is 6. The summed E-state index contributed by atoms with van der Waals surface area (Å²) in [5.74, 6) is 2.09. The van der Waals surface area contributed by atoms with Crippen LogP contribution < -0.4 is 9.64 Å². The number of hydrogen-bond donors (Lipinski definition) is 0. The molecule has 0 bridgehead atoms. The Bertz CT molecular complexity index is 1300. The van der Waals surface area contributed by atoms with E-state index >= 15 is 0 Å². The van der Waals surface area contributed by atoms with Gasteiger partial charge in [-0.15, -0.1) is 10.2 Å². The fourth-order valence-corrected chi connectivity index (χ4v) is 4.20. The Morgan fingerprint density at radius 1 is 1.06 bits per heavy atom. The fraction of sp³-hybridized carbons (Fsp3) is 0.273. The highest BCUT2D eigenvalue weighted by Crippen LogP contribution is 2.27. The molecule has 31 heavy (non-hydrogen) atoms. The van der Waals surface area contributed by atoms with Crippen molar-refractivity contribution >= 4 is 40.0 Å². The van der Waals surface area contributed by atoms with Gasteiger partial charge in [-0.05, 0) is 37.3 Å². The van der Waals surface area contributed by atoms with E-state index in [-0.39, 0.29) is 5.91 Å². The third-order valence-electron chi connectivity index (χ3n) is 5.63. The van der Waals surface area contributed by atoms with Crippen LogP contribution in [0.1, 0.15) is 16.2 Å². The van der Waals surface area contributed by atoms with Gasteiger partial charge in [-0.1, -0.05) is 23.7 Å². The van der Waals surface area contributed by atoms with Crippen molar-refractivity contribution in [3.63, 3.8) is 0 Å². The van der Waals surface area contributed by atoms with Gasteiger partial charge in [0.25, 0.3) is 5.91 Å². The molecule has 3 heterocycles. The van der Waals surface area contributed by atoms with Gasteiger partial charge in [0.15, 0.2) is 5.65 Å². The molecule has 0 saturated carbocycles. The lowest BCUT2D eigenvalue weighted by Gasteiger charge is -2.35. The molecule has 8 nitrogen and oxygen atoms in total. The minimum absolute atomic E-state index is 0.0269. The van der Waals surface area contributed by atoms with Gasteiger partial charge >= 0.3 is 0 Å². The number of aromatic nitrogens is 4. The van der Waals surface area contributed by atoms with Crippen LogP contribution in [-0.2, 0) is 0 Å². The number of aryl methyl sites for hydroxylation is 1. The van der Waals surface area contributed by atoms with Crippen LogP contribution in [0.25, 0.3) is 16.6 Å². The predicted octanol–water partition coefficient (Wildman–Crippen LogP) is 3.21. The van der Waals surface area contributed by atoms with Gasteiger partial charge in [0, 0.05) is 36.6 Å². The van der Waals surface area contributed by atoms with Crippen molar-refractivity contribution in [2.45, 2.75) is 6.92 Å². The van der Waals surface area contributed by atoms with Crippen LogP contribution in [-0.4, -0.2) is 63.7 Å². The van der Waals surface area contributed by atoms with E-state index in [4.69, 9.17) is 21.3 Å². The maximum atomic E-state index is 13.0. The molecule has 1 fully saturated rings. The Morgan fingerprint density at radius 2 is 1.84 bits per heavy atom. The van der Waals surface area contributed by atoms with Crippen molar-refractivity contribution in [2.75, 3.05) is 38.2 Å². The van der Waals surface area contributed by atoms with Crippen molar-refractivity contribution in [2.24, 2.45) is 0 Å².